The molecule has 0 bridgehead atoms. The molecule has 1 aromatic heterocycles. The predicted molar refractivity (Wildman–Crippen MR) is 111 cm³/mol. The van der Waals surface area contributed by atoms with E-state index in [1.165, 1.54) is 17.5 Å². The summed E-state index contributed by atoms with van der Waals surface area (Å²) in [6.07, 6.45) is 4.27. The Kier molecular flexibility index (Phi) is 5.78. The first-order chi connectivity index (χ1) is 13.6. The lowest BCUT2D eigenvalue weighted by atomic mass is 9.95. The maximum absolute atomic E-state index is 12.9. The van der Waals surface area contributed by atoms with Crippen LogP contribution in [-0.2, 0) is 12.8 Å². The van der Waals surface area contributed by atoms with E-state index in [0.29, 0.717) is 12.2 Å². The highest BCUT2D eigenvalue weighted by atomic mass is 16.1. The molecule has 1 aliphatic carbocycles. The van der Waals surface area contributed by atoms with Crippen molar-refractivity contribution in [3.63, 3.8) is 0 Å². The van der Waals surface area contributed by atoms with Gasteiger partial charge in [-0.15, -0.1) is 0 Å². The van der Waals surface area contributed by atoms with Gasteiger partial charge >= 0.3 is 0 Å². The number of nitrogens with one attached hydrogen (secondary N) is 2. The number of hydrogen-bond donors (Lipinski definition) is 2. The summed E-state index contributed by atoms with van der Waals surface area (Å²) in [7, 11) is 2.17. The second kappa shape index (κ2) is 8.45. The number of carbonyl (C=O) groups is 1. The summed E-state index contributed by atoms with van der Waals surface area (Å²) >= 11 is 0. The molecule has 6 heteroatoms. The van der Waals surface area contributed by atoms with Gasteiger partial charge in [-0.05, 0) is 45.2 Å². The maximum atomic E-state index is 12.9. The molecule has 1 aliphatic heterocycles. The highest BCUT2D eigenvalue weighted by molar-refractivity contribution is 5.94. The van der Waals surface area contributed by atoms with Crippen LogP contribution in [-0.4, -0.2) is 65.7 Å². The van der Waals surface area contributed by atoms with Gasteiger partial charge in [0.1, 0.15) is 0 Å². The quantitative estimate of drug-likeness (QED) is 0.834. The van der Waals surface area contributed by atoms with Gasteiger partial charge in [0.2, 0.25) is 0 Å². The molecule has 1 unspecified atom stereocenters. The van der Waals surface area contributed by atoms with Crippen molar-refractivity contribution in [2.75, 3.05) is 39.8 Å². The van der Waals surface area contributed by atoms with E-state index in [0.717, 1.165) is 56.7 Å². The van der Waals surface area contributed by atoms with Gasteiger partial charge in [0, 0.05) is 44.0 Å². The minimum absolute atomic E-state index is 0.0503. The molecular weight excluding hydrogens is 350 g/mol. The zero-order valence-electron chi connectivity index (χ0n) is 17.0. The van der Waals surface area contributed by atoms with Crippen LogP contribution < -0.4 is 5.32 Å². The standard InChI is InChI=1S/C22H31N5O/c1-16-7-9-17(10-8-16)20(27-13-11-26(2)12-14-27)15-23-22(28)21-18-5-3-4-6-19(18)24-25-21/h7-10,20H,3-6,11-15H2,1-2H3,(H,23,28)(H,24,25). The number of fused-ring (bicyclic) bond motifs is 1. The van der Waals surface area contributed by atoms with Crippen molar-refractivity contribution < 1.29 is 4.79 Å². The van der Waals surface area contributed by atoms with Crippen molar-refractivity contribution in [2.24, 2.45) is 0 Å². The lowest BCUT2D eigenvalue weighted by Gasteiger charge is -2.38. The largest absolute Gasteiger partial charge is 0.349 e. The molecule has 1 saturated heterocycles. The van der Waals surface area contributed by atoms with Crippen LogP contribution in [0, 0.1) is 6.92 Å². The summed E-state index contributed by atoms with van der Waals surface area (Å²) in [6.45, 7) is 6.86. The highest BCUT2D eigenvalue weighted by Crippen LogP contribution is 2.24. The SMILES string of the molecule is Cc1ccc(C(CNC(=O)c2n[nH]c3c2CCCC3)N2CCN(C)CC2)cc1. The number of aromatic amines is 1. The Bertz CT molecular complexity index is 805. The molecule has 0 radical (unpaired) electrons. The van der Waals surface area contributed by atoms with Crippen LogP contribution in [0.5, 0.6) is 0 Å². The first-order valence-corrected chi connectivity index (χ1v) is 10.5. The van der Waals surface area contributed by atoms with Crippen molar-refractivity contribution in [3.8, 4) is 0 Å². The molecule has 2 heterocycles. The molecule has 0 saturated carbocycles. The summed E-state index contributed by atoms with van der Waals surface area (Å²) in [5, 5.41) is 10.6. The molecule has 6 nitrogen and oxygen atoms in total. The lowest BCUT2D eigenvalue weighted by molar-refractivity contribution is 0.0881. The number of aryl methyl sites for hydroxylation is 2. The molecule has 4 rings (SSSR count). The average Bonchev–Trinajstić information content (AvgIpc) is 3.15. The number of likely N-dealkylation sites (N-methyl/N-ethyl adjacent to an activating group) is 1. The van der Waals surface area contributed by atoms with Gasteiger partial charge in [-0.25, -0.2) is 0 Å². The van der Waals surface area contributed by atoms with E-state index in [1.54, 1.807) is 0 Å². The number of rotatable bonds is 5. The third kappa shape index (κ3) is 4.13. The topological polar surface area (TPSA) is 64.3 Å². The van der Waals surface area contributed by atoms with Gasteiger partial charge in [-0.2, -0.15) is 5.10 Å². The van der Waals surface area contributed by atoms with Crippen LogP contribution in [0.25, 0.3) is 0 Å². The number of amides is 1. The number of nitrogens with zero attached hydrogens (tertiary/aromatic N) is 3. The van der Waals surface area contributed by atoms with E-state index in [-0.39, 0.29) is 11.9 Å². The summed E-state index contributed by atoms with van der Waals surface area (Å²) in [4.78, 5) is 17.7. The van der Waals surface area contributed by atoms with Crippen molar-refractivity contribution in [3.05, 3.63) is 52.3 Å². The van der Waals surface area contributed by atoms with E-state index in [2.05, 4.69) is 63.6 Å². The molecular formula is C22H31N5O. The molecule has 28 heavy (non-hydrogen) atoms. The van der Waals surface area contributed by atoms with Crippen LogP contribution in [0.3, 0.4) is 0 Å². The lowest BCUT2D eigenvalue weighted by Crippen LogP contribution is -2.48. The second-order valence-corrected chi connectivity index (χ2v) is 8.21. The first-order valence-electron chi connectivity index (χ1n) is 10.5. The third-order valence-corrected chi connectivity index (χ3v) is 6.17. The fraction of sp³-hybridized carbons (Fsp3) is 0.545. The summed E-state index contributed by atoms with van der Waals surface area (Å²) in [5.41, 5.74) is 5.38. The van der Waals surface area contributed by atoms with Gasteiger partial charge < -0.3 is 10.2 Å². The fourth-order valence-electron chi connectivity index (χ4n) is 4.32. The van der Waals surface area contributed by atoms with Crippen LogP contribution in [0.4, 0.5) is 0 Å². The Morgan fingerprint density at radius 2 is 1.86 bits per heavy atom. The van der Waals surface area contributed by atoms with Crippen molar-refractivity contribution in [1.82, 2.24) is 25.3 Å². The summed E-state index contributed by atoms with van der Waals surface area (Å²) < 4.78 is 0. The predicted octanol–water partition coefficient (Wildman–Crippen LogP) is 2.32. The normalized spacial score (nSPS) is 19.2. The van der Waals surface area contributed by atoms with Crippen molar-refractivity contribution in [2.45, 2.75) is 38.6 Å². The van der Waals surface area contributed by atoms with Crippen LogP contribution in [0.2, 0.25) is 0 Å². The second-order valence-electron chi connectivity index (χ2n) is 8.21. The fourth-order valence-corrected chi connectivity index (χ4v) is 4.32. The summed E-state index contributed by atoms with van der Waals surface area (Å²) in [6, 6.07) is 8.89. The summed E-state index contributed by atoms with van der Waals surface area (Å²) in [5.74, 6) is -0.0503. The first kappa shape index (κ1) is 19.2. The zero-order valence-corrected chi connectivity index (χ0v) is 17.0. The molecule has 0 spiro atoms. The Labute approximate surface area is 167 Å². The van der Waals surface area contributed by atoms with Gasteiger partial charge in [0.25, 0.3) is 5.91 Å². The minimum Gasteiger partial charge on any atom is -0.349 e. The Balaban J connectivity index is 1.48. The van der Waals surface area contributed by atoms with Gasteiger partial charge in [0.15, 0.2) is 5.69 Å². The molecule has 2 aromatic rings. The Morgan fingerprint density at radius 1 is 1.14 bits per heavy atom. The Hall–Kier alpha value is -2.18. The highest BCUT2D eigenvalue weighted by Gasteiger charge is 2.26. The molecule has 1 fully saturated rings. The van der Waals surface area contributed by atoms with E-state index < -0.39 is 0 Å². The van der Waals surface area contributed by atoms with Gasteiger partial charge in [-0.3, -0.25) is 14.8 Å². The van der Waals surface area contributed by atoms with E-state index in [4.69, 9.17) is 0 Å². The number of piperazine rings is 1. The number of H-pyrrole nitrogens is 1. The third-order valence-electron chi connectivity index (χ3n) is 6.17. The smallest absolute Gasteiger partial charge is 0.272 e. The maximum Gasteiger partial charge on any atom is 0.272 e. The molecule has 1 amide bonds. The van der Waals surface area contributed by atoms with Crippen LogP contribution >= 0.6 is 0 Å². The Morgan fingerprint density at radius 3 is 2.61 bits per heavy atom. The number of carbonyl (C=O) groups excluding carboxylic acids is 1. The van der Waals surface area contributed by atoms with E-state index >= 15 is 0 Å². The van der Waals surface area contributed by atoms with E-state index in [1.807, 2.05) is 0 Å². The number of aromatic nitrogens is 2. The number of benzene rings is 1. The molecule has 2 aliphatic rings. The van der Waals surface area contributed by atoms with Gasteiger partial charge in [-0.1, -0.05) is 29.8 Å². The minimum atomic E-state index is -0.0503. The molecule has 2 N–H and O–H groups in total. The van der Waals surface area contributed by atoms with Crippen LogP contribution in [0.15, 0.2) is 24.3 Å². The zero-order chi connectivity index (χ0) is 19.5. The number of hydrogen-bond acceptors (Lipinski definition) is 4. The van der Waals surface area contributed by atoms with E-state index in [9.17, 15) is 4.79 Å². The molecule has 1 atom stereocenters. The van der Waals surface area contributed by atoms with Crippen molar-refractivity contribution >= 4 is 5.91 Å². The van der Waals surface area contributed by atoms with Crippen molar-refractivity contribution in [1.29, 1.82) is 0 Å². The molecule has 150 valence electrons. The van der Waals surface area contributed by atoms with Crippen LogP contribution in [0.1, 0.15) is 51.8 Å². The molecule has 1 aromatic carbocycles. The average molecular weight is 382 g/mol. The monoisotopic (exact) mass is 381 g/mol. The van der Waals surface area contributed by atoms with Gasteiger partial charge in [0.05, 0.1) is 6.04 Å².